The van der Waals surface area contributed by atoms with E-state index in [1.807, 2.05) is 0 Å². The Morgan fingerprint density at radius 1 is 1.11 bits per heavy atom. The van der Waals surface area contributed by atoms with Gasteiger partial charge in [0.2, 0.25) is 11.7 Å². The van der Waals surface area contributed by atoms with Crippen LogP contribution in [0.3, 0.4) is 0 Å². The average Bonchev–Trinajstić information content (AvgIpc) is 3.06. The summed E-state index contributed by atoms with van der Waals surface area (Å²) >= 11 is 0. The fourth-order valence-corrected chi connectivity index (χ4v) is 5.45. The second-order valence-electron chi connectivity index (χ2n) is 9.22. The van der Waals surface area contributed by atoms with Gasteiger partial charge in [0.1, 0.15) is 11.6 Å². The van der Waals surface area contributed by atoms with Crippen LogP contribution in [0.25, 0.3) is 0 Å². The summed E-state index contributed by atoms with van der Waals surface area (Å²) in [6.07, 6.45) is 0.210. The number of imide groups is 1. The summed E-state index contributed by atoms with van der Waals surface area (Å²) in [5, 5.41) is 13.2. The molecule has 0 saturated heterocycles. The number of allylic oxidation sites excluding steroid dienone is 1. The predicted octanol–water partition coefficient (Wildman–Crippen LogP) is 3.03. The number of nitrogens with one attached hydrogen (secondary N) is 1. The smallest absolute Gasteiger partial charge is 0.364 e. The van der Waals surface area contributed by atoms with E-state index in [1.165, 1.54) is 32.1 Å². The summed E-state index contributed by atoms with van der Waals surface area (Å²) in [4.78, 5) is 53.6. The maximum atomic E-state index is 13.6. The Hall–Kier alpha value is -2.85. The molecule has 204 valence electrons. The third-order valence-electron chi connectivity index (χ3n) is 5.25. The molecule has 0 spiro atoms. The molecular formula is C25H35N2O9P. The molecule has 3 atom stereocenters. The molecule has 0 saturated carbocycles. The maximum absolute atomic E-state index is 13.6. The Bertz CT molecular complexity index is 1040. The zero-order valence-electron chi connectivity index (χ0n) is 21.8. The lowest BCUT2D eigenvalue weighted by Gasteiger charge is -2.33. The van der Waals surface area contributed by atoms with Crippen molar-refractivity contribution in [1.29, 1.82) is 0 Å². The number of nitrogens with zero attached hydrogens (tertiary/aromatic N) is 1. The van der Waals surface area contributed by atoms with E-state index in [-0.39, 0.29) is 37.2 Å². The zero-order valence-corrected chi connectivity index (χ0v) is 22.7. The Balaban J connectivity index is 2.53. The Morgan fingerprint density at radius 3 is 2.05 bits per heavy atom. The molecule has 37 heavy (non-hydrogen) atoms. The summed E-state index contributed by atoms with van der Waals surface area (Å²) in [5.74, 6) is -5.72. The van der Waals surface area contributed by atoms with Gasteiger partial charge in [-0.1, -0.05) is 18.2 Å². The topological polar surface area (TPSA) is 149 Å². The first kappa shape index (κ1) is 30.4. The van der Waals surface area contributed by atoms with E-state index in [4.69, 9.17) is 13.8 Å². The minimum Gasteiger partial charge on any atom is -0.458 e. The minimum absolute atomic E-state index is 0.0271. The van der Waals surface area contributed by atoms with Gasteiger partial charge in [0.15, 0.2) is 0 Å². The van der Waals surface area contributed by atoms with E-state index in [0.717, 1.165) is 0 Å². The van der Waals surface area contributed by atoms with Gasteiger partial charge in [0, 0.05) is 0 Å². The van der Waals surface area contributed by atoms with E-state index in [9.17, 15) is 28.8 Å². The number of esters is 1. The highest BCUT2D eigenvalue weighted by molar-refractivity contribution is 7.55. The van der Waals surface area contributed by atoms with Crippen LogP contribution in [-0.4, -0.2) is 70.4 Å². The lowest BCUT2D eigenvalue weighted by molar-refractivity contribution is -0.157. The average molecular weight is 539 g/mol. The molecule has 12 heteroatoms. The molecule has 0 bridgehead atoms. The monoisotopic (exact) mass is 538 g/mol. The van der Waals surface area contributed by atoms with Crippen LogP contribution in [0.5, 0.6) is 0 Å². The number of fused-ring (bicyclic) bond motifs is 1. The molecule has 1 aromatic rings. The minimum atomic E-state index is -4.33. The lowest BCUT2D eigenvalue weighted by atomic mass is 10.0. The van der Waals surface area contributed by atoms with Crippen LogP contribution >= 0.6 is 7.60 Å². The molecular weight excluding hydrogens is 503 g/mol. The molecule has 1 heterocycles. The molecule has 2 N–H and O–H groups in total. The Labute approximate surface area is 216 Å². The van der Waals surface area contributed by atoms with Gasteiger partial charge in [-0.2, -0.15) is 0 Å². The van der Waals surface area contributed by atoms with Crippen LogP contribution in [-0.2, 0) is 27.9 Å². The van der Waals surface area contributed by atoms with Gasteiger partial charge in [0.25, 0.3) is 11.8 Å². The Morgan fingerprint density at radius 2 is 1.62 bits per heavy atom. The molecule has 0 aliphatic carbocycles. The number of rotatable bonds is 13. The van der Waals surface area contributed by atoms with Crippen molar-refractivity contribution in [2.45, 2.75) is 71.0 Å². The van der Waals surface area contributed by atoms with Crippen molar-refractivity contribution in [2.24, 2.45) is 0 Å². The largest absolute Gasteiger partial charge is 0.458 e. The number of aliphatic hydroxyl groups is 1. The molecule has 11 nitrogen and oxygen atoms in total. The van der Waals surface area contributed by atoms with Crippen LogP contribution in [0.2, 0.25) is 0 Å². The van der Waals surface area contributed by atoms with Crippen molar-refractivity contribution < 1.29 is 42.6 Å². The van der Waals surface area contributed by atoms with Crippen LogP contribution in [0, 0.1) is 0 Å². The fourth-order valence-electron chi connectivity index (χ4n) is 3.76. The van der Waals surface area contributed by atoms with Crippen molar-refractivity contribution in [3.05, 3.63) is 48.0 Å². The highest BCUT2D eigenvalue weighted by Gasteiger charge is 2.50. The molecule has 1 aliphatic heterocycles. The zero-order chi connectivity index (χ0) is 28.0. The first-order chi connectivity index (χ1) is 17.3. The van der Waals surface area contributed by atoms with E-state index >= 15 is 0 Å². The SMILES string of the molecule is C=CCC[C@@H](O)[C@H](C(=O)NC(C(=O)OC(C)(C)C)P(=O)(OCC)OCC)N1C(=O)c2ccccc2C1=O. The van der Waals surface area contributed by atoms with Gasteiger partial charge in [0.05, 0.1) is 30.4 Å². The molecule has 1 unspecified atom stereocenters. The number of benzene rings is 1. The third-order valence-corrected chi connectivity index (χ3v) is 7.46. The molecule has 0 aromatic heterocycles. The van der Waals surface area contributed by atoms with Crippen molar-refractivity contribution in [3.8, 4) is 0 Å². The second-order valence-corrected chi connectivity index (χ2v) is 11.3. The molecule has 0 fully saturated rings. The van der Waals surface area contributed by atoms with Gasteiger partial charge in [-0.05, 0) is 59.6 Å². The first-order valence-electron chi connectivity index (χ1n) is 12.0. The predicted molar refractivity (Wildman–Crippen MR) is 135 cm³/mol. The molecule has 0 radical (unpaired) electrons. The van der Waals surface area contributed by atoms with Crippen molar-refractivity contribution in [2.75, 3.05) is 13.2 Å². The quantitative estimate of drug-likeness (QED) is 0.167. The van der Waals surface area contributed by atoms with Crippen LogP contribution in [0.15, 0.2) is 36.9 Å². The third kappa shape index (κ3) is 7.13. The lowest BCUT2D eigenvalue weighted by Crippen LogP contribution is -2.58. The number of aliphatic hydroxyl groups excluding tert-OH is 1. The summed E-state index contributed by atoms with van der Waals surface area (Å²) in [7, 11) is -4.33. The maximum Gasteiger partial charge on any atom is 0.364 e. The van der Waals surface area contributed by atoms with Crippen molar-refractivity contribution >= 4 is 31.3 Å². The summed E-state index contributed by atoms with van der Waals surface area (Å²) in [6, 6.07) is 4.24. The normalized spacial score (nSPS) is 16.1. The molecule has 3 amide bonds. The molecule has 1 aromatic carbocycles. The number of amides is 3. The highest BCUT2D eigenvalue weighted by atomic mass is 31.2. The van der Waals surface area contributed by atoms with E-state index in [2.05, 4.69) is 11.9 Å². The van der Waals surface area contributed by atoms with Crippen LogP contribution in [0.4, 0.5) is 0 Å². The van der Waals surface area contributed by atoms with Gasteiger partial charge in [-0.25, -0.2) is 4.79 Å². The van der Waals surface area contributed by atoms with Crippen molar-refractivity contribution in [3.63, 3.8) is 0 Å². The van der Waals surface area contributed by atoms with Crippen LogP contribution in [0.1, 0.15) is 68.2 Å². The van der Waals surface area contributed by atoms with Gasteiger partial charge in [-0.15, -0.1) is 6.58 Å². The van der Waals surface area contributed by atoms with Gasteiger partial charge < -0.3 is 24.2 Å². The Kier molecular flexibility index (Phi) is 10.3. The van der Waals surface area contributed by atoms with E-state index < -0.39 is 54.8 Å². The van der Waals surface area contributed by atoms with E-state index in [0.29, 0.717) is 4.90 Å². The number of carbonyl (C=O) groups is 4. The van der Waals surface area contributed by atoms with Crippen molar-refractivity contribution in [1.82, 2.24) is 10.2 Å². The second kappa shape index (κ2) is 12.6. The highest BCUT2D eigenvalue weighted by Crippen LogP contribution is 2.52. The fraction of sp³-hybridized carbons (Fsp3) is 0.520. The summed E-state index contributed by atoms with van der Waals surface area (Å²) in [6.45, 7) is 11.2. The summed E-state index contributed by atoms with van der Waals surface area (Å²) < 4.78 is 29.5. The number of ether oxygens (including phenoxy) is 1. The van der Waals surface area contributed by atoms with Gasteiger partial charge >= 0.3 is 13.6 Å². The number of hydrogen-bond acceptors (Lipinski definition) is 9. The first-order valence-corrected chi connectivity index (χ1v) is 13.6. The van der Waals surface area contributed by atoms with E-state index in [1.54, 1.807) is 32.9 Å². The molecule has 2 rings (SSSR count). The number of hydrogen-bond donors (Lipinski definition) is 2. The molecule has 1 aliphatic rings. The van der Waals surface area contributed by atoms with Crippen LogP contribution < -0.4 is 5.32 Å². The number of carbonyl (C=O) groups excluding carboxylic acids is 4. The summed E-state index contributed by atoms with van der Waals surface area (Å²) in [5.41, 5.74) is -0.882. The standard InChI is InChI=1S/C25H35N2O9P/c1-7-10-15-18(28)19(27-22(30)16-13-11-12-14-17(16)23(27)31)20(29)26-21(24(32)36-25(4,5)6)37(33,34-8-2)35-9-3/h7,11-14,18-19,21,28H,1,8-10,15H2,2-6H3,(H,26,29)/t18-,19-,21?/m1/s1. The van der Waals surface area contributed by atoms with Gasteiger partial charge in [-0.3, -0.25) is 23.8 Å².